The Balaban J connectivity index is 1.54. The summed E-state index contributed by atoms with van der Waals surface area (Å²) in [4.78, 5) is 25.7. The van der Waals surface area contributed by atoms with Gasteiger partial charge in [0.25, 0.3) is 5.91 Å². The molecule has 1 aromatic carbocycles. The molecule has 3 aromatic heterocycles. The summed E-state index contributed by atoms with van der Waals surface area (Å²) in [6, 6.07) is 16.3. The van der Waals surface area contributed by atoms with E-state index in [4.69, 9.17) is 0 Å². The van der Waals surface area contributed by atoms with Gasteiger partial charge in [0.1, 0.15) is 5.52 Å². The Kier molecular flexibility index (Phi) is 5.07. The maximum atomic E-state index is 12.6. The number of rotatable bonds is 6. The molecule has 0 spiro atoms. The lowest BCUT2D eigenvalue weighted by molar-refractivity contribution is 0.0916. The largest absolute Gasteiger partial charge is 0.394 e. The van der Waals surface area contributed by atoms with Crippen molar-refractivity contribution in [3.63, 3.8) is 0 Å². The van der Waals surface area contributed by atoms with Crippen LogP contribution in [0.15, 0.2) is 73.3 Å². The molecule has 0 bridgehead atoms. The Morgan fingerprint density at radius 3 is 2.64 bits per heavy atom. The van der Waals surface area contributed by atoms with Crippen LogP contribution in [0.4, 0.5) is 0 Å². The predicted octanol–water partition coefficient (Wildman–Crippen LogP) is 2.34. The fourth-order valence-corrected chi connectivity index (χ4v) is 3.02. The van der Waals surface area contributed by atoms with E-state index < -0.39 is 6.04 Å². The first-order chi connectivity index (χ1) is 13.7. The maximum absolute atomic E-state index is 12.6. The van der Waals surface area contributed by atoms with Crippen LogP contribution in [0.25, 0.3) is 11.2 Å². The second-order valence-corrected chi connectivity index (χ2v) is 6.38. The van der Waals surface area contributed by atoms with E-state index in [0.717, 1.165) is 11.3 Å². The highest BCUT2D eigenvalue weighted by atomic mass is 16.3. The smallest absolute Gasteiger partial charge is 0.253 e. The lowest BCUT2D eigenvalue weighted by Crippen LogP contribution is -2.30. The topological polar surface area (TPSA) is 92.9 Å². The van der Waals surface area contributed by atoms with Gasteiger partial charge in [0.15, 0.2) is 5.65 Å². The number of aromatic nitrogens is 4. The molecule has 0 aliphatic rings. The van der Waals surface area contributed by atoms with Crippen LogP contribution in [0, 0.1) is 0 Å². The van der Waals surface area contributed by atoms with Crippen molar-refractivity contribution in [3.05, 3.63) is 90.1 Å². The number of aliphatic hydroxyl groups is 1. The number of hydrogen-bond acceptors (Lipinski definition) is 5. The highest BCUT2D eigenvalue weighted by Gasteiger charge is 2.16. The third-order valence-corrected chi connectivity index (χ3v) is 4.47. The van der Waals surface area contributed by atoms with Gasteiger partial charge in [-0.25, -0.2) is 9.97 Å². The van der Waals surface area contributed by atoms with Gasteiger partial charge < -0.3 is 15.0 Å². The normalized spacial score (nSPS) is 12.0. The first-order valence-corrected chi connectivity index (χ1v) is 8.92. The summed E-state index contributed by atoms with van der Waals surface area (Å²) in [5, 5.41) is 12.5. The van der Waals surface area contributed by atoms with Gasteiger partial charge in [0.2, 0.25) is 0 Å². The van der Waals surface area contributed by atoms with Gasteiger partial charge in [-0.15, -0.1) is 0 Å². The molecule has 1 atom stereocenters. The number of imidazole rings is 1. The van der Waals surface area contributed by atoms with Crippen LogP contribution < -0.4 is 5.32 Å². The van der Waals surface area contributed by atoms with Crippen molar-refractivity contribution >= 4 is 17.1 Å². The molecule has 1 amide bonds. The Morgan fingerprint density at radius 2 is 1.89 bits per heavy atom. The molecule has 0 radical (unpaired) electrons. The van der Waals surface area contributed by atoms with E-state index in [1.54, 1.807) is 18.6 Å². The minimum absolute atomic E-state index is 0.190. The van der Waals surface area contributed by atoms with Crippen LogP contribution in [-0.4, -0.2) is 37.1 Å². The summed E-state index contributed by atoms with van der Waals surface area (Å²) in [5.74, 6) is -0.309. The molecule has 140 valence electrons. The number of hydrogen-bond donors (Lipinski definition) is 2. The van der Waals surface area contributed by atoms with Gasteiger partial charge in [-0.1, -0.05) is 36.4 Å². The monoisotopic (exact) mass is 373 g/mol. The number of carbonyl (C=O) groups excluding carboxylic acids is 1. The molecule has 0 saturated carbocycles. The lowest BCUT2D eigenvalue weighted by atomic mass is 10.1. The molecule has 4 aromatic rings. The molecule has 2 N–H and O–H groups in total. The van der Waals surface area contributed by atoms with E-state index in [0.29, 0.717) is 23.3 Å². The summed E-state index contributed by atoms with van der Waals surface area (Å²) in [5.41, 5.74) is 3.45. The zero-order chi connectivity index (χ0) is 19.3. The van der Waals surface area contributed by atoms with Crippen molar-refractivity contribution in [2.24, 2.45) is 0 Å². The minimum Gasteiger partial charge on any atom is -0.394 e. The van der Waals surface area contributed by atoms with Gasteiger partial charge >= 0.3 is 0 Å². The molecule has 28 heavy (non-hydrogen) atoms. The fraction of sp³-hybridized carbons (Fsp3) is 0.143. The zero-order valence-electron chi connectivity index (χ0n) is 15.1. The number of benzene rings is 1. The number of nitrogens with zero attached hydrogens (tertiary/aromatic N) is 4. The van der Waals surface area contributed by atoms with Crippen LogP contribution in [0.2, 0.25) is 0 Å². The zero-order valence-corrected chi connectivity index (χ0v) is 15.1. The molecule has 0 saturated heterocycles. The van der Waals surface area contributed by atoms with E-state index in [1.807, 2.05) is 53.1 Å². The van der Waals surface area contributed by atoms with Crippen LogP contribution in [0.1, 0.15) is 27.7 Å². The summed E-state index contributed by atoms with van der Waals surface area (Å²) in [6.45, 7) is 0.362. The van der Waals surface area contributed by atoms with Gasteiger partial charge in [-0.3, -0.25) is 9.78 Å². The molecule has 0 aliphatic carbocycles. The summed E-state index contributed by atoms with van der Waals surface area (Å²) in [7, 11) is 0. The van der Waals surface area contributed by atoms with Crippen molar-refractivity contribution in [2.45, 2.75) is 12.6 Å². The number of aliphatic hydroxyl groups excluding tert-OH is 1. The SMILES string of the molecule is O=C(N[C@@H](CO)c1ccccc1)c1cnc2c(c1)ncn2Cc1ccccn1. The summed E-state index contributed by atoms with van der Waals surface area (Å²) >= 11 is 0. The van der Waals surface area contributed by atoms with Crippen molar-refractivity contribution < 1.29 is 9.90 Å². The highest BCUT2D eigenvalue weighted by Crippen LogP contribution is 2.16. The minimum atomic E-state index is -0.480. The van der Waals surface area contributed by atoms with Crippen LogP contribution in [-0.2, 0) is 6.54 Å². The molecule has 0 unspecified atom stereocenters. The second-order valence-electron chi connectivity index (χ2n) is 6.38. The number of amides is 1. The Labute approximate surface area is 161 Å². The van der Waals surface area contributed by atoms with Crippen molar-refractivity contribution in [3.8, 4) is 0 Å². The van der Waals surface area contributed by atoms with E-state index in [9.17, 15) is 9.90 Å². The van der Waals surface area contributed by atoms with E-state index in [1.165, 1.54) is 6.20 Å². The number of carbonyl (C=O) groups is 1. The van der Waals surface area contributed by atoms with Gasteiger partial charge in [0, 0.05) is 12.4 Å². The predicted molar refractivity (Wildman–Crippen MR) is 105 cm³/mol. The summed E-state index contributed by atoms with van der Waals surface area (Å²) < 4.78 is 1.89. The van der Waals surface area contributed by atoms with E-state index >= 15 is 0 Å². The quantitative estimate of drug-likeness (QED) is 0.541. The number of nitrogens with one attached hydrogen (secondary N) is 1. The third-order valence-electron chi connectivity index (χ3n) is 4.47. The molecule has 0 fully saturated rings. The Hall–Kier alpha value is -3.58. The fourth-order valence-electron chi connectivity index (χ4n) is 3.02. The Morgan fingerprint density at radius 1 is 1.07 bits per heavy atom. The molecular formula is C21H19N5O2. The third kappa shape index (κ3) is 3.74. The van der Waals surface area contributed by atoms with E-state index in [2.05, 4.69) is 20.3 Å². The average Bonchev–Trinajstić information content (AvgIpc) is 3.15. The van der Waals surface area contributed by atoms with Crippen molar-refractivity contribution in [1.82, 2.24) is 24.8 Å². The summed E-state index contributed by atoms with van der Waals surface area (Å²) in [6.07, 6.45) is 4.96. The highest BCUT2D eigenvalue weighted by molar-refractivity contribution is 5.96. The van der Waals surface area contributed by atoms with Crippen molar-refractivity contribution in [1.29, 1.82) is 0 Å². The molecule has 3 heterocycles. The number of fused-ring (bicyclic) bond motifs is 1. The molecule has 7 heteroatoms. The van der Waals surface area contributed by atoms with Crippen LogP contribution >= 0.6 is 0 Å². The van der Waals surface area contributed by atoms with Crippen LogP contribution in [0.5, 0.6) is 0 Å². The Bertz CT molecular complexity index is 1080. The van der Waals surface area contributed by atoms with Crippen molar-refractivity contribution in [2.75, 3.05) is 6.61 Å². The standard InChI is InChI=1S/C21H19N5O2/c27-13-19(15-6-2-1-3-7-15)25-21(28)16-10-18-20(23-11-16)26(14-24-18)12-17-8-4-5-9-22-17/h1-11,14,19,27H,12-13H2,(H,25,28)/t19-/m0/s1. The average molecular weight is 373 g/mol. The second kappa shape index (κ2) is 7.98. The van der Waals surface area contributed by atoms with E-state index in [-0.39, 0.29) is 12.5 Å². The molecule has 4 rings (SSSR count). The number of pyridine rings is 2. The molecule has 0 aliphatic heterocycles. The molecular weight excluding hydrogens is 354 g/mol. The first-order valence-electron chi connectivity index (χ1n) is 8.92. The first kappa shape index (κ1) is 17.8. The van der Waals surface area contributed by atoms with Gasteiger partial charge in [-0.05, 0) is 23.8 Å². The van der Waals surface area contributed by atoms with Gasteiger partial charge in [-0.2, -0.15) is 0 Å². The maximum Gasteiger partial charge on any atom is 0.253 e. The van der Waals surface area contributed by atoms with Crippen LogP contribution in [0.3, 0.4) is 0 Å². The lowest BCUT2D eigenvalue weighted by Gasteiger charge is -2.16. The van der Waals surface area contributed by atoms with Gasteiger partial charge in [0.05, 0.1) is 36.8 Å². The molecule has 7 nitrogen and oxygen atoms in total.